The molecule has 0 saturated carbocycles. The molecule has 1 heterocycles. The van der Waals surface area contributed by atoms with E-state index in [1.54, 1.807) is 37.4 Å². The normalized spacial score (nSPS) is 10.5. The van der Waals surface area contributed by atoms with Crippen molar-refractivity contribution in [3.8, 4) is 23.0 Å². The predicted molar refractivity (Wildman–Crippen MR) is 96.2 cm³/mol. The average Bonchev–Trinajstić information content (AvgIpc) is 3.16. The number of hydrogen-bond acceptors (Lipinski definition) is 6. The van der Waals surface area contributed by atoms with Crippen LogP contribution >= 0.6 is 0 Å². The predicted octanol–water partition coefficient (Wildman–Crippen LogP) is 3.46. The summed E-state index contributed by atoms with van der Waals surface area (Å²) in [6.45, 7) is 0. The minimum absolute atomic E-state index is 0.166. The second-order valence-corrected chi connectivity index (χ2v) is 5.63. The van der Waals surface area contributed by atoms with Crippen molar-refractivity contribution in [1.29, 1.82) is 0 Å². The maximum atomic E-state index is 13.0. The van der Waals surface area contributed by atoms with E-state index in [1.807, 2.05) is 0 Å². The van der Waals surface area contributed by atoms with Gasteiger partial charge in [-0.25, -0.2) is 4.39 Å². The smallest absolute Gasteiger partial charge is 0.247 e. The van der Waals surface area contributed by atoms with Crippen molar-refractivity contribution >= 4 is 11.6 Å². The molecule has 1 amide bonds. The number of nitrogens with zero attached hydrogens (tertiary/aromatic N) is 2. The van der Waals surface area contributed by atoms with E-state index in [-0.39, 0.29) is 30.5 Å². The Morgan fingerprint density at radius 1 is 1.07 bits per heavy atom. The van der Waals surface area contributed by atoms with E-state index >= 15 is 0 Å². The molecule has 0 aliphatic heterocycles. The number of carbonyl (C=O) groups is 1. The lowest BCUT2D eigenvalue weighted by molar-refractivity contribution is -0.116. The lowest BCUT2D eigenvalue weighted by Gasteiger charge is -2.10. The molecule has 8 heteroatoms. The van der Waals surface area contributed by atoms with Crippen LogP contribution in [-0.4, -0.2) is 30.3 Å². The Hall–Kier alpha value is -3.42. The Bertz CT molecular complexity index is 925. The summed E-state index contributed by atoms with van der Waals surface area (Å²) in [6.07, 6.45) is 0.451. The molecule has 27 heavy (non-hydrogen) atoms. The van der Waals surface area contributed by atoms with E-state index < -0.39 is 0 Å². The first-order chi connectivity index (χ1) is 13.1. The van der Waals surface area contributed by atoms with E-state index in [0.29, 0.717) is 28.6 Å². The van der Waals surface area contributed by atoms with Crippen LogP contribution in [0, 0.1) is 5.82 Å². The third kappa shape index (κ3) is 4.60. The van der Waals surface area contributed by atoms with Gasteiger partial charge in [0.15, 0.2) is 11.5 Å². The standard InChI is InChI=1S/C19H18FN3O4/c1-25-15-8-7-14(11-16(15)26-2)21-17(24)9-10-18-22-23-19(27-18)12-3-5-13(20)6-4-12/h3-8,11H,9-10H2,1-2H3,(H,21,24). The molecule has 3 aromatic rings. The number of anilines is 1. The number of halogens is 1. The summed E-state index contributed by atoms with van der Waals surface area (Å²) in [5.41, 5.74) is 1.21. The van der Waals surface area contributed by atoms with Crippen molar-refractivity contribution < 1.29 is 23.1 Å². The summed E-state index contributed by atoms with van der Waals surface area (Å²) in [7, 11) is 3.07. The first-order valence-electron chi connectivity index (χ1n) is 8.19. The van der Waals surface area contributed by atoms with Crippen molar-refractivity contribution in [1.82, 2.24) is 10.2 Å². The van der Waals surface area contributed by atoms with E-state index in [0.717, 1.165) is 0 Å². The molecule has 0 fully saturated rings. The zero-order chi connectivity index (χ0) is 19.2. The molecule has 0 radical (unpaired) electrons. The van der Waals surface area contributed by atoms with Gasteiger partial charge in [0.2, 0.25) is 17.7 Å². The third-order valence-electron chi connectivity index (χ3n) is 3.79. The van der Waals surface area contributed by atoms with Crippen molar-refractivity contribution in [2.75, 3.05) is 19.5 Å². The lowest BCUT2D eigenvalue weighted by atomic mass is 10.2. The Kier molecular flexibility index (Phi) is 5.65. The molecule has 7 nitrogen and oxygen atoms in total. The van der Waals surface area contributed by atoms with Gasteiger partial charge in [-0.2, -0.15) is 0 Å². The fourth-order valence-corrected chi connectivity index (χ4v) is 2.42. The molecule has 0 saturated heterocycles. The first-order valence-corrected chi connectivity index (χ1v) is 8.19. The molecule has 3 rings (SSSR count). The maximum absolute atomic E-state index is 13.0. The average molecular weight is 371 g/mol. The Morgan fingerprint density at radius 3 is 2.52 bits per heavy atom. The van der Waals surface area contributed by atoms with Gasteiger partial charge in [-0.15, -0.1) is 10.2 Å². The van der Waals surface area contributed by atoms with E-state index in [4.69, 9.17) is 13.9 Å². The number of amides is 1. The van der Waals surface area contributed by atoms with Gasteiger partial charge >= 0.3 is 0 Å². The summed E-state index contributed by atoms with van der Waals surface area (Å²) in [6, 6.07) is 10.8. The highest BCUT2D eigenvalue weighted by Gasteiger charge is 2.12. The minimum atomic E-state index is -0.342. The summed E-state index contributed by atoms with van der Waals surface area (Å²) in [5.74, 6) is 1.17. The van der Waals surface area contributed by atoms with Crippen LogP contribution in [0.2, 0.25) is 0 Å². The number of aryl methyl sites for hydroxylation is 1. The first kappa shape index (κ1) is 18.4. The fraction of sp³-hybridized carbons (Fsp3) is 0.211. The van der Waals surface area contributed by atoms with Gasteiger partial charge in [-0.1, -0.05) is 0 Å². The number of benzene rings is 2. The van der Waals surface area contributed by atoms with Gasteiger partial charge in [0.05, 0.1) is 14.2 Å². The van der Waals surface area contributed by atoms with Crippen LogP contribution in [-0.2, 0) is 11.2 Å². The number of ether oxygens (including phenoxy) is 2. The minimum Gasteiger partial charge on any atom is -0.493 e. The molecule has 0 aliphatic carbocycles. The Labute approximate surface area is 155 Å². The molecule has 0 unspecified atom stereocenters. The monoisotopic (exact) mass is 371 g/mol. The summed E-state index contributed by atoms with van der Waals surface area (Å²) >= 11 is 0. The Morgan fingerprint density at radius 2 is 1.81 bits per heavy atom. The van der Waals surface area contributed by atoms with E-state index in [1.165, 1.54) is 19.2 Å². The maximum Gasteiger partial charge on any atom is 0.247 e. The van der Waals surface area contributed by atoms with Crippen molar-refractivity contribution in [2.24, 2.45) is 0 Å². The molecular weight excluding hydrogens is 353 g/mol. The zero-order valence-corrected chi connectivity index (χ0v) is 14.9. The van der Waals surface area contributed by atoms with Gasteiger partial charge in [0.25, 0.3) is 0 Å². The third-order valence-corrected chi connectivity index (χ3v) is 3.79. The van der Waals surface area contributed by atoms with Crippen LogP contribution in [0.25, 0.3) is 11.5 Å². The highest BCUT2D eigenvalue weighted by molar-refractivity contribution is 5.91. The van der Waals surface area contributed by atoms with Gasteiger partial charge in [-0.05, 0) is 36.4 Å². The van der Waals surface area contributed by atoms with Crippen LogP contribution in [0.1, 0.15) is 12.3 Å². The molecule has 2 aromatic carbocycles. The highest BCUT2D eigenvalue weighted by Crippen LogP contribution is 2.29. The van der Waals surface area contributed by atoms with E-state index in [2.05, 4.69) is 15.5 Å². The SMILES string of the molecule is COc1ccc(NC(=O)CCc2nnc(-c3ccc(F)cc3)o2)cc1OC. The van der Waals surface area contributed by atoms with Crippen LogP contribution in [0.5, 0.6) is 11.5 Å². The van der Waals surface area contributed by atoms with Gasteiger partial charge < -0.3 is 19.2 Å². The molecule has 0 bridgehead atoms. The molecule has 0 spiro atoms. The molecule has 1 aromatic heterocycles. The summed E-state index contributed by atoms with van der Waals surface area (Å²) < 4.78 is 28.8. The number of hydrogen-bond donors (Lipinski definition) is 1. The number of rotatable bonds is 7. The summed E-state index contributed by atoms with van der Waals surface area (Å²) in [4.78, 5) is 12.1. The molecule has 0 aliphatic rings. The topological polar surface area (TPSA) is 86.5 Å². The van der Waals surface area contributed by atoms with Crippen LogP contribution < -0.4 is 14.8 Å². The molecule has 0 atom stereocenters. The Balaban J connectivity index is 1.57. The second-order valence-electron chi connectivity index (χ2n) is 5.63. The largest absolute Gasteiger partial charge is 0.493 e. The molecular formula is C19H18FN3O4. The van der Waals surface area contributed by atoms with Crippen LogP contribution in [0.15, 0.2) is 46.9 Å². The van der Waals surface area contributed by atoms with Crippen LogP contribution in [0.4, 0.5) is 10.1 Å². The second kappa shape index (κ2) is 8.31. The van der Waals surface area contributed by atoms with Gasteiger partial charge in [0, 0.05) is 30.2 Å². The van der Waals surface area contributed by atoms with Crippen molar-refractivity contribution in [3.05, 3.63) is 54.2 Å². The van der Waals surface area contributed by atoms with Crippen molar-refractivity contribution in [2.45, 2.75) is 12.8 Å². The zero-order valence-electron chi connectivity index (χ0n) is 14.9. The van der Waals surface area contributed by atoms with Gasteiger partial charge in [0.1, 0.15) is 5.82 Å². The lowest BCUT2D eigenvalue weighted by Crippen LogP contribution is -2.12. The molecule has 1 N–H and O–H groups in total. The fourth-order valence-electron chi connectivity index (χ4n) is 2.42. The quantitative estimate of drug-likeness (QED) is 0.684. The van der Waals surface area contributed by atoms with Crippen molar-refractivity contribution in [3.63, 3.8) is 0 Å². The van der Waals surface area contributed by atoms with Crippen LogP contribution in [0.3, 0.4) is 0 Å². The number of carbonyl (C=O) groups excluding carboxylic acids is 1. The highest BCUT2D eigenvalue weighted by atomic mass is 19.1. The van der Waals surface area contributed by atoms with E-state index in [9.17, 15) is 9.18 Å². The number of aromatic nitrogens is 2. The summed E-state index contributed by atoms with van der Waals surface area (Å²) in [5, 5.41) is 10.6. The molecule has 140 valence electrons. The number of methoxy groups -OCH3 is 2. The van der Waals surface area contributed by atoms with Gasteiger partial charge in [-0.3, -0.25) is 4.79 Å². The number of nitrogens with one attached hydrogen (secondary N) is 1.